The molecule has 126 valence electrons. The molecule has 1 aliphatic carbocycles. The molecule has 0 spiro atoms. The predicted octanol–water partition coefficient (Wildman–Crippen LogP) is 2.47. The molecule has 1 atom stereocenters. The minimum absolute atomic E-state index is 0.474. The van der Waals surface area contributed by atoms with Crippen molar-refractivity contribution in [1.29, 1.82) is 0 Å². The van der Waals surface area contributed by atoms with Crippen LogP contribution in [0.5, 0.6) is 0 Å². The molecular formula is C20H25N3O. The van der Waals surface area contributed by atoms with Gasteiger partial charge in [-0.05, 0) is 48.9 Å². The lowest BCUT2D eigenvalue weighted by Crippen LogP contribution is -2.47. The monoisotopic (exact) mass is 323 g/mol. The highest BCUT2D eigenvalue weighted by molar-refractivity contribution is 5.39. The fourth-order valence-electron chi connectivity index (χ4n) is 4.02. The summed E-state index contributed by atoms with van der Waals surface area (Å²) in [6.07, 6.45) is 5.84. The number of hydrogen-bond acceptors (Lipinski definition) is 4. The van der Waals surface area contributed by atoms with E-state index in [1.54, 1.807) is 0 Å². The molecular weight excluding hydrogens is 298 g/mol. The minimum atomic E-state index is -0.700. The third kappa shape index (κ3) is 3.04. The molecule has 1 aliphatic heterocycles. The fourth-order valence-corrected chi connectivity index (χ4v) is 4.02. The summed E-state index contributed by atoms with van der Waals surface area (Å²) in [5, 5.41) is 14.6. The van der Waals surface area contributed by atoms with Gasteiger partial charge in [0.2, 0.25) is 0 Å². The zero-order chi connectivity index (χ0) is 16.4. The van der Waals surface area contributed by atoms with Gasteiger partial charge in [-0.3, -0.25) is 0 Å². The van der Waals surface area contributed by atoms with Crippen molar-refractivity contribution in [3.63, 3.8) is 0 Å². The second-order valence-electron chi connectivity index (χ2n) is 7.02. The number of aromatic nitrogens is 1. The van der Waals surface area contributed by atoms with Gasteiger partial charge in [-0.2, -0.15) is 0 Å². The average molecular weight is 323 g/mol. The van der Waals surface area contributed by atoms with Crippen molar-refractivity contribution in [3.05, 3.63) is 59.8 Å². The Bertz CT molecular complexity index is 682. The first kappa shape index (κ1) is 15.6. The zero-order valence-corrected chi connectivity index (χ0v) is 14.0. The number of fused-ring (bicyclic) bond motifs is 1. The third-order valence-electron chi connectivity index (χ3n) is 5.48. The van der Waals surface area contributed by atoms with E-state index in [0.717, 1.165) is 50.2 Å². The molecule has 2 aliphatic rings. The van der Waals surface area contributed by atoms with E-state index in [-0.39, 0.29) is 0 Å². The highest BCUT2D eigenvalue weighted by atomic mass is 16.3. The van der Waals surface area contributed by atoms with Gasteiger partial charge in [-0.1, -0.05) is 30.3 Å². The van der Waals surface area contributed by atoms with Gasteiger partial charge < -0.3 is 15.3 Å². The molecule has 4 heteroatoms. The van der Waals surface area contributed by atoms with Crippen molar-refractivity contribution < 1.29 is 5.11 Å². The maximum Gasteiger partial charge on any atom is 0.128 e. The van der Waals surface area contributed by atoms with Crippen LogP contribution in [0, 0.1) is 0 Å². The number of nitrogens with zero attached hydrogens (tertiary/aromatic N) is 2. The Morgan fingerprint density at radius 2 is 1.92 bits per heavy atom. The summed E-state index contributed by atoms with van der Waals surface area (Å²) in [5.74, 6) is 1.07. The molecule has 0 amide bonds. The predicted molar refractivity (Wildman–Crippen MR) is 96.1 cm³/mol. The normalized spacial score (nSPS) is 24.1. The molecule has 0 bridgehead atoms. The molecule has 1 fully saturated rings. The standard InChI is InChI=1S/C20H25N3O/c24-20(11-8-16-5-1-2-6-18(16)20)15-22-17-9-13-23(14-10-17)19-7-3-4-12-21-19/h1-7,12,17,22,24H,8-11,13-15H2/t20-/m1/s1. The van der Waals surface area contributed by atoms with Gasteiger partial charge in [0, 0.05) is 31.9 Å². The molecule has 0 radical (unpaired) electrons. The highest BCUT2D eigenvalue weighted by Crippen LogP contribution is 2.36. The second-order valence-corrected chi connectivity index (χ2v) is 7.02. The molecule has 2 aromatic rings. The Morgan fingerprint density at radius 1 is 1.12 bits per heavy atom. The summed E-state index contributed by atoms with van der Waals surface area (Å²) in [6.45, 7) is 2.69. The van der Waals surface area contributed by atoms with Crippen LogP contribution in [0.2, 0.25) is 0 Å². The maximum absolute atomic E-state index is 11.0. The van der Waals surface area contributed by atoms with Crippen LogP contribution in [-0.4, -0.2) is 35.8 Å². The number of hydrogen-bond donors (Lipinski definition) is 2. The summed E-state index contributed by atoms with van der Waals surface area (Å²) in [4.78, 5) is 6.78. The Balaban J connectivity index is 1.32. The van der Waals surface area contributed by atoms with E-state index in [0.29, 0.717) is 12.6 Å². The zero-order valence-electron chi connectivity index (χ0n) is 14.0. The van der Waals surface area contributed by atoms with E-state index in [1.165, 1.54) is 5.56 Å². The van der Waals surface area contributed by atoms with Crippen LogP contribution in [0.3, 0.4) is 0 Å². The van der Waals surface area contributed by atoms with Crippen molar-refractivity contribution in [2.24, 2.45) is 0 Å². The van der Waals surface area contributed by atoms with Crippen molar-refractivity contribution >= 4 is 5.82 Å². The summed E-state index contributed by atoms with van der Waals surface area (Å²) in [5.41, 5.74) is 1.71. The van der Waals surface area contributed by atoms with Crippen molar-refractivity contribution in [3.8, 4) is 0 Å². The van der Waals surface area contributed by atoms with Crippen LogP contribution in [-0.2, 0) is 12.0 Å². The van der Waals surface area contributed by atoms with Gasteiger partial charge in [-0.15, -0.1) is 0 Å². The van der Waals surface area contributed by atoms with E-state index in [2.05, 4.69) is 39.5 Å². The lowest BCUT2D eigenvalue weighted by molar-refractivity contribution is 0.0350. The SMILES string of the molecule is O[C@@]1(CNC2CCN(c3ccccn3)CC2)CCc2ccccc21. The van der Waals surface area contributed by atoms with Gasteiger partial charge in [0.25, 0.3) is 0 Å². The molecule has 0 saturated carbocycles. The van der Waals surface area contributed by atoms with Gasteiger partial charge in [0.05, 0.1) is 0 Å². The van der Waals surface area contributed by atoms with Crippen molar-refractivity contribution in [1.82, 2.24) is 10.3 Å². The van der Waals surface area contributed by atoms with Gasteiger partial charge in [0.1, 0.15) is 11.4 Å². The molecule has 4 rings (SSSR count). The van der Waals surface area contributed by atoms with E-state index in [9.17, 15) is 5.11 Å². The Kier molecular flexibility index (Phi) is 4.25. The summed E-state index contributed by atoms with van der Waals surface area (Å²) in [6, 6.07) is 14.9. The van der Waals surface area contributed by atoms with Crippen LogP contribution in [0.1, 0.15) is 30.4 Å². The Morgan fingerprint density at radius 3 is 2.71 bits per heavy atom. The number of pyridine rings is 1. The lowest BCUT2D eigenvalue weighted by Gasteiger charge is -2.35. The topological polar surface area (TPSA) is 48.4 Å². The maximum atomic E-state index is 11.0. The lowest BCUT2D eigenvalue weighted by atomic mass is 9.94. The molecule has 24 heavy (non-hydrogen) atoms. The number of anilines is 1. The second kappa shape index (κ2) is 6.54. The molecule has 1 aromatic heterocycles. The fraction of sp³-hybridized carbons (Fsp3) is 0.450. The van der Waals surface area contributed by atoms with Crippen molar-refractivity contribution in [2.45, 2.75) is 37.3 Å². The summed E-state index contributed by atoms with van der Waals surface area (Å²) >= 11 is 0. The van der Waals surface area contributed by atoms with Gasteiger partial charge >= 0.3 is 0 Å². The average Bonchev–Trinajstić information content (AvgIpc) is 2.99. The molecule has 1 saturated heterocycles. The minimum Gasteiger partial charge on any atom is -0.384 e. The Labute approximate surface area is 143 Å². The van der Waals surface area contributed by atoms with Gasteiger partial charge in [0.15, 0.2) is 0 Å². The molecule has 4 nitrogen and oxygen atoms in total. The molecule has 0 unspecified atom stereocenters. The first-order valence-corrected chi connectivity index (χ1v) is 8.95. The van der Waals surface area contributed by atoms with E-state index in [1.807, 2.05) is 24.4 Å². The molecule has 2 N–H and O–H groups in total. The first-order chi connectivity index (χ1) is 11.7. The third-order valence-corrected chi connectivity index (χ3v) is 5.48. The van der Waals surface area contributed by atoms with Crippen LogP contribution in [0.25, 0.3) is 0 Å². The van der Waals surface area contributed by atoms with Crippen LogP contribution in [0.4, 0.5) is 5.82 Å². The number of rotatable bonds is 4. The highest BCUT2D eigenvalue weighted by Gasteiger charge is 2.36. The smallest absolute Gasteiger partial charge is 0.128 e. The molecule has 2 heterocycles. The van der Waals surface area contributed by atoms with Crippen molar-refractivity contribution in [2.75, 3.05) is 24.5 Å². The van der Waals surface area contributed by atoms with Gasteiger partial charge in [-0.25, -0.2) is 4.98 Å². The number of nitrogens with one attached hydrogen (secondary N) is 1. The number of benzene rings is 1. The summed E-state index contributed by atoms with van der Waals surface area (Å²) in [7, 11) is 0. The largest absolute Gasteiger partial charge is 0.384 e. The van der Waals surface area contributed by atoms with Crippen LogP contribution in [0.15, 0.2) is 48.7 Å². The van der Waals surface area contributed by atoms with Crippen LogP contribution < -0.4 is 10.2 Å². The van der Waals surface area contributed by atoms with E-state index >= 15 is 0 Å². The van der Waals surface area contributed by atoms with E-state index < -0.39 is 5.60 Å². The number of aryl methyl sites for hydroxylation is 1. The van der Waals surface area contributed by atoms with Crippen LogP contribution >= 0.6 is 0 Å². The molecule has 1 aromatic carbocycles. The quantitative estimate of drug-likeness (QED) is 0.907. The first-order valence-electron chi connectivity index (χ1n) is 8.95. The summed E-state index contributed by atoms with van der Waals surface area (Å²) < 4.78 is 0. The van der Waals surface area contributed by atoms with E-state index in [4.69, 9.17) is 0 Å². The number of aliphatic hydroxyl groups is 1. The number of piperidine rings is 1. The Hall–Kier alpha value is -1.91.